The van der Waals surface area contributed by atoms with E-state index in [1.807, 2.05) is 0 Å². The van der Waals surface area contributed by atoms with E-state index in [9.17, 15) is 9.59 Å². The molecule has 0 bridgehead atoms. The molecule has 1 aliphatic rings. The molecule has 174 valence electrons. The molecule has 1 rings (SSSR count). The van der Waals surface area contributed by atoms with Crippen LogP contribution < -0.4 is 5.32 Å². The third kappa shape index (κ3) is 12.9. The molecule has 0 spiro atoms. The first-order chi connectivity index (χ1) is 14.5. The standard InChI is InChI=1S/C25H45NO4/c1-4-5-6-7-8-9-10-11-12-13-14-15-16-17-18-19-20-26-21-22-23(27)29-25(2,3)30-24(22)28/h21,26H,4-20H2,1-3H3. The maximum Gasteiger partial charge on any atom is 0.350 e. The molecule has 5 nitrogen and oxygen atoms in total. The lowest BCUT2D eigenvalue weighted by Gasteiger charge is -2.29. The van der Waals surface area contributed by atoms with E-state index in [2.05, 4.69) is 12.2 Å². The van der Waals surface area contributed by atoms with Gasteiger partial charge in [0.2, 0.25) is 0 Å². The highest BCUT2D eigenvalue weighted by Gasteiger charge is 2.38. The molecule has 30 heavy (non-hydrogen) atoms. The molecule has 1 fully saturated rings. The van der Waals surface area contributed by atoms with Gasteiger partial charge in [-0.15, -0.1) is 0 Å². The van der Waals surface area contributed by atoms with Crippen LogP contribution in [0.25, 0.3) is 0 Å². The van der Waals surface area contributed by atoms with E-state index in [0.29, 0.717) is 0 Å². The molecule has 1 saturated heterocycles. The lowest BCUT2D eigenvalue weighted by atomic mass is 10.0. The fourth-order valence-electron chi connectivity index (χ4n) is 3.73. The summed E-state index contributed by atoms with van der Waals surface area (Å²) in [5, 5.41) is 3.03. The van der Waals surface area contributed by atoms with Gasteiger partial charge in [0.15, 0.2) is 5.57 Å². The lowest BCUT2D eigenvalue weighted by Crippen LogP contribution is -2.42. The van der Waals surface area contributed by atoms with E-state index >= 15 is 0 Å². The van der Waals surface area contributed by atoms with Gasteiger partial charge in [0.05, 0.1) is 0 Å². The Morgan fingerprint density at radius 3 is 1.43 bits per heavy atom. The van der Waals surface area contributed by atoms with E-state index < -0.39 is 17.7 Å². The second kappa shape index (κ2) is 16.2. The first kappa shape index (κ1) is 26.5. The van der Waals surface area contributed by atoms with E-state index in [1.54, 1.807) is 13.8 Å². The maximum atomic E-state index is 11.8. The van der Waals surface area contributed by atoms with Gasteiger partial charge in [-0.1, -0.05) is 103 Å². The number of carbonyl (C=O) groups is 2. The van der Waals surface area contributed by atoms with Crippen molar-refractivity contribution in [3.63, 3.8) is 0 Å². The number of hydrogen-bond acceptors (Lipinski definition) is 5. The smallest absolute Gasteiger partial charge is 0.350 e. The third-order valence-corrected chi connectivity index (χ3v) is 5.54. The van der Waals surface area contributed by atoms with Crippen molar-refractivity contribution < 1.29 is 19.1 Å². The molecule has 1 aliphatic heterocycles. The molecule has 0 atom stereocenters. The second-order valence-corrected chi connectivity index (χ2v) is 8.99. The van der Waals surface area contributed by atoms with E-state index in [4.69, 9.17) is 9.47 Å². The number of esters is 2. The lowest BCUT2D eigenvalue weighted by molar-refractivity contribution is -0.222. The molecule has 0 aliphatic carbocycles. The van der Waals surface area contributed by atoms with Crippen LogP contribution >= 0.6 is 0 Å². The Labute approximate surface area is 184 Å². The van der Waals surface area contributed by atoms with Crippen LogP contribution in [-0.2, 0) is 19.1 Å². The SMILES string of the molecule is CCCCCCCCCCCCCCCCCCNC=C1C(=O)OC(C)(C)OC1=O. The molecule has 0 unspecified atom stereocenters. The van der Waals surface area contributed by atoms with Crippen LogP contribution in [0.3, 0.4) is 0 Å². The summed E-state index contributed by atoms with van der Waals surface area (Å²) >= 11 is 0. The normalized spacial score (nSPS) is 15.6. The van der Waals surface area contributed by atoms with Crippen molar-refractivity contribution in [3.05, 3.63) is 11.8 Å². The van der Waals surface area contributed by atoms with E-state index in [0.717, 1.165) is 19.4 Å². The van der Waals surface area contributed by atoms with Crippen molar-refractivity contribution in [2.45, 2.75) is 129 Å². The molecule has 1 heterocycles. The predicted octanol–water partition coefficient (Wildman–Crippen LogP) is 6.56. The summed E-state index contributed by atoms with van der Waals surface area (Å²) in [4.78, 5) is 23.6. The molecule has 0 aromatic rings. The van der Waals surface area contributed by atoms with Crippen molar-refractivity contribution in [2.75, 3.05) is 6.54 Å². The van der Waals surface area contributed by atoms with Gasteiger partial charge in [-0.25, -0.2) is 9.59 Å². The molecule has 0 aromatic carbocycles. The first-order valence-corrected chi connectivity index (χ1v) is 12.4. The summed E-state index contributed by atoms with van der Waals surface area (Å²) in [6.45, 7) is 6.11. The fraction of sp³-hybridized carbons (Fsp3) is 0.840. The van der Waals surface area contributed by atoms with Crippen molar-refractivity contribution >= 4 is 11.9 Å². The zero-order chi connectivity index (χ0) is 22.1. The van der Waals surface area contributed by atoms with Crippen LogP contribution in [0.1, 0.15) is 124 Å². The summed E-state index contributed by atoms with van der Waals surface area (Å²) in [5.41, 5.74) is -0.0641. The molecule has 0 radical (unpaired) electrons. The van der Waals surface area contributed by atoms with Gasteiger partial charge in [-0.05, 0) is 6.42 Å². The average molecular weight is 424 g/mol. The second-order valence-electron chi connectivity index (χ2n) is 8.99. The van der Waals surface area contributed by atoms with Crippen LogP contribution in [0.4, 0.5) is 0 Å². The van der Waals surface area contributed by atoms with Gasteiger partial charge >= 0.3 is 11.9 Å². The molecule has 5 heteroatoms. The van der Waals surface area contributed by atoms with Crippen molar-refractivity contribution in [3.8, 4) is 0 Å². The van der Waals surface area contributed by atoms with E-state index in [1.165, 1.54) is 96.1 Å². The van der Waals surface area contributed by atoms with Gasteiger partial charge in [0.25, 0.3) is 5.79 Å². The van der Waals surface area contributed by atoms with Crippen LogP contribution in [0.15, 0.2) is 11.8 Å². The minimum Gasteiger partial charge on any atom is -0.419 e. The van der Waals surface area contributed by atoms with Crippen molar-refractivity contribution in [1.82, 2.24) is 5.32 Å². The van der Waals surface area contributed by atoms with E-state index in [-0.39, 0.29) is 5.57 Å². The topological polar surface area (TPSA) is 64.6 Å². The van der Waals surface area contributed by atoms with Gasteiger partial charge in [0.1, 0.15) is 0 Å². The average Bonchev–Trinajstić information content (AvgIpc) is 2.68. The minimum absolute atomic E-state index is 0.0641. The highest BCUT2D eigenvalue weighted by atomic mass is 16.7. The molecule has 0 saturated carbocycles. The van der Waals surface area contributed by atoms with Crippen LogP contribution in [-0.4, -0.2) is 24.3 Å². The molecule has 0 amide bonds. The summed E-state index contributed by atoms with van der Waals surface area (Å²) < 4.78 is 10.1. The number of carbonyl (C=O) groups excluding carboxylic acids is 2. The zero-order valence-corrected chi connectivity index (χ0v) is 19.7. The van der Waals surface area contributed by atoms with Gasteiger partial charge in [-0.3, -0.25) is 0 Å². The summed E-state index contributed by atoms with van der Waals surface area (Å²) in [6, 6.07) is 0. The number of rotatable bonds is 18. The highest BCUT2D eigenvalue weighted by molar-refractivity contribution is 6.15. The number of nitrogens with one attached hydrogen (secondary N) is 1. The summed E-state index contributed by atoms with van der Waals surface area (Å²) in [7, 11) is 0. The predicted molar refractivity (Wildman–Crippen MR) is 122 cm³/mol. The summed E-state index contributed by atoms with van der Waals surface area (Å²) in [5.74, 6) is -2.44. The third-order valence-electron chi connectivity index (χ3n) is 5.54. The molecular formula is C25H45NO4. The van der Waals surface area contributed by atoms with Crippen LogP contribution in [0.2, 0.25) is 0 Å². The zero-order valence-electron chi connectivity index (χ0n) is 19.7. The first-order valence-electron chi connectivity index (χ1n) is 12.4. The number of unbranched alkanes of at least 4 members (excludes halogenated alkanes) is 15. The van der Waals surface area contributed by atoms with Crippen LogP contribution in [0.5, 0.6) is 0 Å². The van der Waals surface area contributed by atoms with Crippen LogP contribution in [0, 0.1) is 0 Å². The maximum absolute atomic E-state index is 11.8. The van der Waals surface area contributed by atoms with Gasteiger partial charge < -0.3 is 14.8 Å². The minimum atomic E-state index is -1.18. The molecule has 1 N–H and O–H groups in total. The molecular weight excluding hydrogens is 378 g/mol. The monoisotopic (exact) mass is 423 g/mol. The quantitative estimate of drug-likeness (QED) is 0.117. The summed E-state index contributed by atoms with van der Waals surface area (Å²) in [6.07, 6.45) is 22.9. The Bertz CT molecular complexity index is 491. The highest BCUT2D eigenvalue weighted by Crippen LogP contribution is 2.22. The Morgan fingerprint density at radius 2 is 1.03 bits per heavy atom. The van der Waals surface area contributed by atoms with Crippen molar-refractivity contribution in [2.24, 2.45) is 0 Å². The Balaban J connectivity index is 1.86. The van der Waals surface area contributed by atoms with Crippen molar-refractivity contribution in [1.29, 1.82) is 0 Å². The fourth-order valence-corrected chi connectivity index (χ4v) is 3.73. The number of ether oxygens (including phenoxy) is 2. The molecule has 0 aromatic heterocycles. The number of hydrogen-bond donors (Lipinski definition) is 1. The largest absolute Gasteiger partial charge is 0.419 e. The van der Waals surface area contributed by atoms with Gasteiger partial charge in [0, 0.05) is 26.6 Å². The number of cyclic esters (lactones) is 2. The Kier molecular flexibility index (Phi) is 14.3. The van der Waals surface area contributed by atoms with Gasteiger partial charge in [-0.2, -0.15) is 0 Å². The Morgan fingerprint density at radius 1 is 0.667 bits per heavy atom. The Hall–Kier alpha value is -1.52.